The van der Waals surface area contributed by atoms with Crippen molar-refractivity contribution in [2.75, 3.05) is 37.2 Å². The molecule has 2 fully saturated rings. The number of methoxy groups -OCH3 is 2. The first-order valence-electron chi connectivity index (χ1n) is 32.4. The summed E-state index contributed by atoms with van der Waals surface area (Å²) in [7, 11) is 3.10. The third-order valence-corrected chi connectivity index (χ3v) is 15.5. The summed E-state index contributed by atoms with van der Waals surface area (Å²) in [6, 6.07) is 7.54. The molecule has 18 nitrogen and oxygen atoms in total. The van der Waals surface area contributed by atoms with Crippen molar-refractivity contribution in [3.8, 4) is 5.75 Å². The largest absolute Gasteiger partial charge is 0.497 e. The van der Waals surface area contributed by atoms with Gasteiger partial charge in [-0.1, -0.05) is 114 Å². The fourth-order valence-electron chi connectivity index (χ4n) is 7.08. The minimum Gasteiger partial charge on any atom is -0.497 e. The summed E-state index contributed by atoms with van der Waals surface area (Å²) in [6.45, 7) is 43.8. The Hall–Kier alpha value is -4.21. The van der Waals surface area contributed by atoms with Gasteiger partial charge in [-0.05, 0) is 173 Å². The number of amides is 1. The zero-order valence-electron chi connectivity index (χ0n) is 60.5. The van der Waals surface area contributed by atoms with Crippen LogP contribution in [0.5, 0.6) is 5.75 Å². The summed E-state index contributed by atoms with van der Waals surface area (Å²) >= 11 is 8.27. The van der Waals surface area contributed by atoms with Crippen LogP contribution in [-0.2, 0) is 71.5 Å². The van der Waals surface area contributed by atoms with Gasteiger partial charge in [-0.25, -0.2) is 19.2 Å². The number of thiol groups is 1. The normalized spacial score (nSPS) is 15.4. The molecule has 1 amide bonds. The van der Waals surface area contributed by atoms with E-state index in [0.717, 1.165) is 28.8 Å². The summed E-state index contributed by atoms with van der Waals surface area (Å²) in [4.78, 5) is 86.8. The van der Waals surface area contributed by atoms with Gasteiger partial charge in [0.05, 0.1) is 50.5 Å². The van der Waals surface area contributed by atoms with Gasteiger partial charge in [0.15, 0.2) is 12.2 Å². The van der Waals surface area contributed by atoms with Crippen LogP contribution in [0.15, 0.2) is 24.3 Å². The van der Waals surface area contributed by atoms with Crippen molar-refractivity contribution in [1.29, 1.82) is 0 Å². The van der Waals surface area contributed by atoms with Crippen molar-refractivity contribution in [2.45, 2.75) is 284 Å². The second-order valence-electron chi connectivity index (χ2n) is 25.0. The molecule has 0 saturated carbocycles. The highest BCUT2D eigenvalue weighted by atomic mass is 32.2. The number of esters is 7. The molecule has 0 spiro atoms. The summed E-state index contributed by atoms with van der Waals surface area (Å²) in [5, 5.41) is 12.1. The number of ether oxygens (including phenoxy) is 8. The highest BCUT2D eigenvalue weighted by Gasteiger charge is 2.23. The Morgan fingerprint density at radius 3 is 1.33 bits per heavy atom. The molecule has 0 aromatic heterocycles. The topological polar surface area (TPSA) is 243 Å². The number of aliphatic hydroxyl groups excluding tert-OH is 1. The molecule has 1 aromatic rings. The SMILES string of the molecule is CC(=O)NC(CS)C(=O)OC(C)C.CC(=O)OC(C)C(=O)OC(C)C.CC(C)CCCC1CCCS1.CC(C)CCCC1CCSC1.CC(C)OC(=O)C(C)O.CC(C)OC(=O)C(C)OC(=O)C(C)C.COC(=O)C(C)C(C)C.COc1ccc(C(C)C)cc1. The number of hydrogen-bond donors (Lipinski definition) is 3. The smallest absolute Gasteiger partial charge is 0.347 e. The molecule has 2 aliphatic heterocycles. The van der Waals surface area contributed by atoms with Crippen LogP contribution in [-0.4, -0.2) is 144 Å². The van der Waals surface area contributed by atoms with E-state index in [1.54, 1.807) is 76.3 Å². The molecule has 3 rings (SSSR count). The van der Waals surface area contributed by atoms with E-state index in [-0.39, 0.29) is 53.9 Å². The Balaban J connectivity index is -0.000000307. The Labute approximate surface area is 559 Å². The predicted octanol–water partition coefficient (Wildman–Crippen LogP) is 14.7. The third-order valence-electron chi connectivity index (χ3n) is 12.5. The van der Waals surface area contributed by atoms with Crippen LogP contribution in [0.1, 0.15) is 235 Å². The van der Waals surface area contributed by atoms with Gasteiger partial charge in [0.2, 0.25) is 5.91 Å². The minimum atomic E-state index is -1.01. The van der Waals surface area contributed by atoms with Gasteiger partial charge < -0.3 is 48.3 Å². The van der Waals surface area contributed by atoms with Gasteiger partial charge >= 0.3 is 41.8 Å². The molecule has 0 aliphatic carbocycles. The lowest BCUT2D eigenvalue weighted by Crippen LogP contribution is -2.42. The molecule has 2 N–H and O–H groups in total. The fraction of sp³-hybridized carbons (Fsp3) is 0.797. The summed E-state index contributed by atoms with van der Waals surface area (Å²) < 4.78 is 38.2. The maximum Gasteiger partial charge on any atom is 0.347 e. The van der Waals surface area contributed by atoms with E-state index in [1.807, 2.05) is 32.9 Å². The van der Waals surface area contributed by atoms with Crippen LogP contribution >= 0.6 is 36.2 Å². The van der Waals surface area contributed by atoms with E-state index >= 15 is 0 Å². The molecule has 2 heterocycles. The van der Waals surface area contributed by atoms with Gasteiger partial charge in [0, 0.05) is 24.9 Å². The second kappa shape index (κ2) is 57.5. The van der Waals surface area contributed by atoms with E-state index < -0.39 is 60.2 Å². The molecular weight excluding hydrogens is 1210 g/mol. The molecule has 0 radical (unpaired) electrons. The van der Waals surface area contributed by atoms with E-state index in [4.69, 9.17) is 28.8 Å². The van der Waals surface area contributed by atoms with Crippen molar-refractivity contribution < 1.29 is 81.4 Å². The summed E-state index contributed by atoms with van der Waals surface area (Å²) in [5.41, 5.74) is 1.35. The number of aliphatic hydroxyl groups is 1. The first-order valence-corrected chi connectivity index (χ1v) is 35.2. The molecule has 90 heavy (non-hydrogen) atoms. The highest BCUT2D eigenvalue weighted by molar-refractivity contribution is 8.00. The highest BCUT2D eigenvalue weighted by Crippen LogP contribution is 2.30. The van der Waals surface area contributed by atoms with E-state index in [0.29, 0.717) is 11.8 Å². The lowest BCUT2D eigenvalue weighted by Gasteiger charge is -2.16. The quantitative estimate of drug-likeness (QED) is 0.0468. The van der Waals surface area contributed by atoms with Crippen molar-refractivity contribution >= 4 is 83.8 Å². The Kier molecular flexibility index (Phi) is 60.3. The maximum absolute atomic E-state index is 11.2. The van der Waals surface area contributed by atoms with E-state index in [9.17, 15) is 38.4 Å². The third kappa shape index (κ3) is 60.1. The minimum absolute atomic E-state index is 0.0231. The Bertz CT molecular complexity index is 1990. The number of rotatable bonds is 25. The number of nitrogens with one attached hydrogen (secondary N) is 1. The first kappa shape index (κ1) is 94.5. The van der Waals surface area contributed by atoms with Gasteiger partial charge in [-0.2, -0.15) is 36.2 Å². The van der Waals surface area contributed by atoms with Gasteiger partial charge in [-0.15, -0.1) is 0 Å². The zero-order valence-corrected chi connectivity index (χ0v) is 63.0. The first-order chi connectivity index (χ1) is 41.7. The van der Waals surface area contributed by atoms with Crippen LogP contribution in [0.2, 0.25) is 0 Å². The Morgan fingerprint density at radius 2 is 1.02 bits per heavy atom. The Morgan fingerprint density at radius 1 is 0.567 bits per heavy atom. The monoisotopic (exact) mass is 1340 g/mol. The molecule has 2 aliphatic rings. The standard InChI is InChI=1S/C10H18O4.C10H14O.2C10H20S.C8H15NO3S.C8H14O4.C7H14O2.C6H12O3/c1-6(2)9(11)14-8(5)10(12)13-7(3)4;1-8(2)9-4-6-10(11-3)7-5-9;1-9(2)5-3-6-10-7-4-8-11-10;1-9(2)4-3-5-10-6-7-11-8-10;1-5(2)12-8(11)7(4-13)9-6(3)10;1-5(2)11-8(10)6(3)12-7(4)9;1-5(2)6(3)7(8)9-4;1-4(2)9-6(8)5(3)7/h6-8H,1-5H3;4-8H,1-3H3;2*9-10H,3-8H2,1-2H3;5,7,13H,4H2,1-3H3,(H,9,10);5-6H,1-4H3;5-6H,1-4H3;4-5,7H,1-3H3. The molecule has 7 unspecified atom stereocenters. The number of thioether (sulfide) groups is 2. The predicted molar refractivity (Wildman–Crippen MR) is 371 cm³/mol. The van der Waals surface area contributed by atoms with Crippen molar-refractivity contribution in [3.05, 3.63) is 29.8 Å². The van der Waals surface area contributed by atoms with Gasteiger partial charge in [-0.3, -0.25) is 19.2 Å². The average molecular weight is 1340 g/mol. The van der Waals surface area contributed by atoms with E-state index in [1.165, 1.54) is 122 Å². The fourth-order valence-corrected chi connectivity index (χ4v) is 9.99. The van der Waals surface area contributed by atoms with E-state index in [2.05, 4.69) is 109 Å². The van der Waals surface area contributed by atoms with Crippen LogP contribution in [0.3, 0.4) is 0 Å². The number of hydrogen-bond acceptors (Lipinski definition) is 20. The molecular formula is C69H127NO17S3. The lowest BCUT2D eigenvalue weighted by atomic mass is 9.98. The van der Waals surface area contributed by atoms with Gasteiger partial charge in [0.25, 0.3) is 0 Å². The number of carbonyl (C=O) groups is 8. The molecule has 2 saturated heterocycles. The lowest BCUT2D eigenvalue weighted by molar-refractivity contribution is -0.170. The van der Waals surface area contributed by atoms with Crippen LogP contribution < -0.4 is 10.1 Å². The molecule has 7 atom stereocenters. The summed E-state index contributed by atoms with van der Waals surface area (Å²) in [5.74, 6) is 5.81. The van der Waals surface area contributed by atoms with Gasteiger partial charge in [0.1, 0.15) is 17.9 Å². The molecule has 528 valence electrons. The second-order valence-corrected chi connectivity index (χ2v) is 28.0. The molecule has 21 heteroatoms. The van der Waals surface area contributed by atoms with Crippen molar-refractivity contribution in [2.24, 2.45) is 35.5 Å². The van der Waals surface area contributed by atoms with Crippen LogP contribution in [0.25, 0.3) is 0 Å². The van der Waals surface area contributed by atoms with Crippen LogP contribution in [0, 0.1) is 35.5 Å². The van der Waals surface area contributed by atoms with Crippen LogP contribution in [0.4, 0.5) is 0 Å². The number of carbonyl (C=O) groups excluding carboxylic acids is 8. The zero-order chi connectivity index (χ0) is 70.8. The number of benzene rings is 1. The molecule has 1 aromatic carbocycles. The average Bonchev–Trinajstić information content (AvgIpc) is 4.23. The summed E-state index contributed by atoms with van der Waals surface area (Å²) in [6.07, 6.45) is 9.84. The molecule has 0 bridgehead atoms. The van der Waals surface area contributed by atoms with Crippen molar-refractivity contribution in [3.63, 3.8) is 0 Å². The van der Waals surface area contributed by atoms with Crippen molar-refractivity contribution in [1.82, 2.24) is 5.32 Å². The maximum atomic E-state index is 11.2.